The molecule has 0 saturated heterocycles. The predicted octanol–water partition coefficient (Wildman–Crippen LogP) is 4.93. The third-order valence-electron chi connectivity index (χ3n) is 3.47. The Labute approximate surface area is 126 Å². The first-order chi connectivity index (χ1) is 10.2. The van der Waals surface area contributed by atoms with Gasteiger partial charge in [-0.3, -0.25) is 4.79 Å². The monoisotopic (exact) mass is 296 g/mol. The number of thioether (sulfide) groups is 1. The Bertz CT molecular complexity index is 809. The maximum absolute atomic E-state index is 13.8. The molecule has 0 unspecified atom stereocenters. The summed E-state index contributed by atoms with van der Waals surface area (Å²) in [6.45, 7) is 0. The Morgan fingerprint density at radius 2 is 1.57 bits per heavy atom. The largest absolute Gasteiger partial charge is 0.289 e. The van der Waals surface area contributed by atoms with Crippen LogP contribution in [0.1, 0.15) is 15.9 Å². The molecule has 0 N–H and O–H groups in total. The molecule has 3 heteroatoms. The number of hydrogen-bond donors (Lipinski definition) is 0. The number of ketones is 1. The van der Waals surface area contributed by atoms with Crippen molar-refractivity contribution in [3.63, 3.8) is 0 Å². The first kappa shape index (κ1) is 13.8. The highest BCUT2D eigenvalue weighted by atomic mass is 32.2. The van der Waals surface area contributed by atoms with E-state index in [9.17, 15) is 9.18 Å². The van der Waals surface area contributed by atoms with Crippen LogP contribution in [-0.4, -0.2) is 12.0 Å². The first-order valence-corrected chi connectivity index (χ1v) is 7.79. The number of carbonyl (C=O) groups is 1. The molecule has 0 amide bonds. The van der Waals surface area contributed by atoms with E-state index in [1.807, 2.05) is 36.6 Å². The highest BCUT2D eigenvalue weighted by molar-refractivity contribution is 7.98. The summed E-state index contributed by atoms with van der Waals surface area (Å²) in [5, 5.41) is 1.13. The summed E-state index contributed by atoms with van der Waals surface area (Å²) >= 11 is 1.63. The highest BCUT2D eigenvalue weighted by Gasteiger charge is 2.14. The van der Waals surface area contributed by atoms with Gasteiger partial charge in [-0.05, 0) is 48.0 Å². The molecule has 0 radical (unpaired) electrons. The summed E-state index contributed by atoms with van der Waals surface area (Å²) in [6.07, 6.45) is 1.99. The average Bonchev–Trinajstić information content (AvgIpc) is 2.55. The van der Waals surface area contributed by atoms with Crippen molar-refractivity contribution in [2.45, 2.75) is 4.90 Å². The molecule has 0 fully saturated rings. The lowest BCUT2D eigenvalue weighted by molar-refractivity contribution is 0.104. The van der Waals surface area contributed by atoms with Crippen LogP contribution in [0.5, 0.6) is 0 Å². The molecule has 0 atom stereocenters. The Kier molecular flexibility index (Phi) is 3.76. The van der Waals surface area contributed by atoms with Crippen LogP contribution in [0.2, 0.25) is 0 Å². The minimum absolute atomic E-state index is 0.0844. The fourth-order valence-corrected chi connectivity index (χ4v) is 2.77. The molecule has 0 bridgehead atoms. The quantitative estimate of drug-likeness (QED) is 0.503. The van der Waals surface area contributed by atoms with E-state index >= 15 is 0 Å². The van der Waals surface area contributed by atoms with Crippen molar-refractivity contribution in [1.82, 2.24) is 0 Å². The fraction of sp³-hybridized carbons (Fsp3) is 0.0556. The number of hydrogen-bond acceptors (Lipinski definition) is 2. The molecular weight excluding hydrogens is 283 g/mol. The van der Waals surface area contributed by atoms with Crippen molar-refractivity contribution in [3.8, 4) is 0 Å². The molecule has 0 heterocycles. The van der Waals surface area contributed by atoms with Crippen molar-refractivity contribution in [2.24, 2.45) is 0 Å². The minimum Gasteiger partial charge on any atom is -0.289 e. The lowest BCUT2D eigenvalue weighted by Gasteiger charge is -2.07. The molecule has 0 aliphatic rings. The first-order valence-electron chi connectivity index (χ1n) is 6.56. The fourth-order valence-electron chi connectivity index (χ4n) is 2.36. The molecule has 3 aromatic rings. The minimum atomic E-state index is -0.306. The third-order valence-corrected chi connectivity index (χ3v) is 4.21. The van der Waals surface area contributed by atoms with E-state index in [-0.39, 0.29) is 11.6 Å². The van der Waals surface area contributed by atoms with Gasteiger partial charge in [-0.1, -0.05) is 24.3 Å². The van der Waals surface area contributed by atoms with E-state index in [0.717, 1.165) is 4.90 Å². The van der Waals surface area contributed by atoms with E-state index in [4.69, 9.17) is 0 Å². The molecule has 0 aliphatic carbocycles. The predicted molar refractivity (Wildman–Crippen MR) is 85.6 cm³/mol. The van der Waals surface area contributed by atoms with Gasteiger partial charge in [-0.2, -0.15) is 0 Å². The second-order valence-corrected chi connectivity index (χ2v) is 5.58. The molecule has 104 valence electrons. The molecule has 3 aromatic carbocycles. The maximum atomic E-state index is 13.8. The van der Waals surface area contributed by atoms with E-state index in [1.165, 1.54) is 6.07 Å². The van der Waals surface area contributed by atoms with E-state index in [1.54, 1.807) is 36.0 Å². The number of benzene rings is 3. The van der Waals surface area contributed by atoms with Gasteiger partial charge in [0.15, 0.2) is 5.78 Å². The van der Waals surface area contributed by atoms with E-state index in [2.05, 4.69) is 0 Å². The van der Waals surface area contributed by atoms with Crippen LogP contribution < -0.4 is 0 Å². The van der Waals surface area contributed by atoms with Gasteiger partial charge in [0.05, 0.1) is 0 Å². The molecule has 21 heavy (non-hydrogen) atoms. The highest BCUT2D eigenvalue weighted by Crippen LogP contribution is 2.24. The van der Waals surface area contributed by atoms with Crippen LogP contribution in [0.4, 0.5) is 4.39 Å². The summed E-state index contributed by atoms with van der Waals surface area (Å²) in [5.74, 6) is -0.390. The van der Waals surface area contributed by atoms with Crippen molar-refractivity contribution in [3.05, 3.63) is 77.6 Å². The number of halogens is 1. The summed E-state index contributed by atoms with van der Waals surface area (Å²) in [4.78, 5) is 13.7. The SMILES string of the molecule is CSc1ccc(C(=O)c2ccc(F)c3ccccc23)cc1. The summed E-state index contributed by atoms with van der Waals surface area (Å²) in [7, 11) is 0. The van der Waals surface area contributed by atoms with Crippen molar-refractivity contribution < 1.29 is 9.18 Å². The van der Waals surface area contributed by atoms with Crippen molar-refractivity contribution in [1.29, 1.82) is 0 Å². The van der Waals surface area contributed by atoms with Gasteiger partial charge < -0.3 is 0 Å². The van der Waals surface area contributed by atoms with Crippen molar-refractivity contribution in [2.75, 3.05) is 6.26 Å². The third kappa shape index (κ3) is 2.57. The second kappa shape index (κ2) is 5.70. The molecular formula is C18H13FOS. The summed E-state index contributed by atoms with van der Waals surface area (Å²) in [5.41, 5.74) is 1.15. The zero-order valence-corrected chi connectivity index (χ0v) is 12.3. The van der Waals surface area contributed by atoms with Gasteiger partial charge in [0.25, 0.3) is 0 Å². The number of carbonyl (C=O) groups excluding carboxylic acids is 1. The van der Waals surface area contributed by atoms with E-state index in [0.29, 0.717) is 21.9 Å². The standard InChI is InChI=1S/C18H13FOS/c1-21-13-8-6-12(7-9-13)18(20)16-10-11-17(19)15-5-3-2-4-14(15)16/h2-11H,1H3. The van der Waals surface area contributed by atoms with Crippen LogP contribution in [0, 0.1) is 5.82 Å². The molecule has 0 aliphatic heterocycles. The zero-order chi connectivity index (χ0) is 14.8. The van der Waals surface area contributed by atoms with Gasteiger partial charge >= 0.3 is 0 Å². The lowest BCUT2D eigenvalue weighted by Crippen LogP contribution is -2.02. The van der Waals surface area contributed by atoms with Crippen LogP contribution >= 0.6 is 11.8 Å². The van der Waals surface area contributed by atoms with Crippen LogP contribution in [0.15, 0.2) is 65.6 Å². The van der Waals surface area contributed by atoms with Crippen LogP contribution in [0.25, 0.3) is 10.8 Å². The normalized spacial score (nSPS) is 10.8. The van der Waals surface area contributed by atoms with Crippen LogP contribution in [-0.2, 0) is 0 Å². The van der Waals surface area contributed by atoms with Gasteiger partial charge in [0.2, 0.25) is 0 Å². The zero-order valence-electron chi connectivity index (χ0n) is 11.5. The van der Waals surface area contributed by atoms with Gasteiger partial charge in [0, 0.05) is 21.4 Å². The molecule has 0 saturated carbocycles. The lowest BCUT2D eigenvalue weighted by atomic mass is 9.97. The number of fused-ring (bicyclic) bond motifs is 1. The summed E-state index contributed by atoms with van der Waals surface area (Å²) in [6, 6.07) is 17.4. The molecule has 1 nitrogen and oxygen atoms in total. The van der Waals surface area contributed by atoms with E-state index < -0.39 is 0 Å². The van der Waals surface area contributed by atoms with Gasteiger partial charge in [-0.15, -0.1) is 11.8 Å². The van der Waals surface area contributed by atoms with Crippen LogP contribution in [0.3, 0.4) is 0 Å². The van der Waals surface area contributed by atoms with Gasteiger partial charge in [-0.25, -0.2) is 4.39 Å². The topological polar surface area (TPSA) is 17.1 Å². The summed E-state index contributed by atoms with van der Waals surface area (Å²) < 4.78 is 13.8. The number of rotatable bonds is 3. The molecule has 3 rings (SSSR count). The Morgan fingerprint density at radius 1 is 0.905 bits per heavy atom. The maximum Gasteiger partial charge on any atom is 0.193 e. The average molecular weight is 296 g/mol. The second-order valence-electron chi connectivity index (χ2n) is 4.70. The Morgan fingerprint density at radius 3 is 2.24 bits per heavy atom. The van der Waals surface area contributed by atoms with Crippen molar-refractivity contribution >= 4 is 28.3 Å². The van der Waals surface area contributed by atoms with Gasteiger partial charge in [0.1, 0.15) is 5.82 Å². The Hall–Kier alpha value is -2.13. The molecule has 0 aromatic heterocycles. The Balaban J connectivity index is 2.11. The molecule has 0 spiro atoms. The smallest absolute Gasteiger partial charge is 0.193 e.